The fraction of sp³-hybridized carbons (Fsp3) is 0.800. The number of rotatable bonds is 7. The number of ether oxygens (including phenoxy) is 1. The largest absolute Gasteiger partial charge is 0.382 e. The molecule has 0 spiro atoms. The van der Waals surface area contributed by atoms with Gasteiger partial charge in [0.1, 0.15) is 0 Å². The highest BCUT2D eigenvalue weighted by molar-refractivity contribution is 5.24. The predicted octanol–water partition coefficient (Wildman–Crippen LogP) is 2.81. The summed E-state index contributed by atoms with van der Waals surface area (Å²) in [5, 5.41) is 8.16. The maximum atomic E-state index is 5.37. The molecule has 4 nitrogen and oxygen atoms in total. The van der Waals surface area contributed by atoms with E-state index < -0.39 is 0 Å². The van der Waals surface area contributed by atoms with Gasteiger partial charge in [-0.3, -0.25) is 4.68 Å². The molecule has 1 aromatic heterocycles. The van der Waals surface area contributed by atoms with Gasteiger partial charge in [0.15, 0.2) is 0 Å². The molecule has 0 aromatic carbocycles. The summed E-state index contributed by atoms with van der Waals surface area (Å²) in [6.07, 6.45) is 1.02. The van der Waals surface area contributed by atoms with Gasteiger partial charge in [-0.15, -0.1) is 0 Å². The van der Waals surface area contributed by atoms with Gasteiger partial charge in [0.25, 0.3) is 0 Å². The third-order valence-electron chi connectivity index (χ3n) is 3.19. The highest BCUT2D eigenvalue weighted by Gasteiger charge is 2.14. The van der Waals surface area contributed by atoms with Crippen molar-refractivity contribution in [3.8, 4) is 0 Å². The van der Waals surface area contributed by atoms with Gasteiger partial charge in [-0.1, -0.05) is 0 Å². The summed E-state index contributed by atoms with van der Waals surface area (Å²) < 4.78 is 7.48. The first-order valence-corrected chi connectivity index (χ1v) is 7.21. The predicted molar refractivity (Wildman–Crippen MR) is 79.4 cm³/mol. The smallest absolute Gasteiger partial charge is 0.0641 e. The molecule has 1 heterocycles. The maximum Gasteiger partial charge on any atom is 0.0641 e. The molecule has 0 amide bonds. The minimum absolute atomic E-state index is 0.135. The molecule has 0 unspecified atom stereocenters. The van der Waals surface area contributed by atoms with Gasteiger partial charge in [-0.2, -0.15) is 5.10 Å². The lowest BCUT2D eigenvalue weighted by molar-refractivity contribution is 0.140. The quantitative estimate of drug-likeness (QED) is 0.772. The van der Waals surface area contributed by atoms with E-state index in [0.29, 0.717) is 0 Å². The topological polar surface area (TPSA) is 39.1 Å². The summed E-state index contributed by atoms with van der Waals surface area (Å²) in [5.41, 5.74) is 3.86. The summed E-state index contributed by atoms with van der Waals surface area (Å²) in [5.74, 6) is 0. The van der Waals surface area contributed by atoms with Crippen molar-refractivity contribution in [2.45, 2.75) is 66.6 Å². The van der Waals surface area contributed by atoms with Crippen LogP contribution in [0, 0.1) is 13.8 Å². The first-order valence-electron chi connectivity index (χ1n) is 7.21. The van der Waals surface area contributed by atoms with Crippen molar-refractivity contribution in [3.63, 3.8) is 0 Å². The molecular formula is C15H29N3O. The van der Waals surface area contributed by atoms with E-state index in [0.717, 1.165) is 38.4 Å². The number of nitrogens with one attached hydrogen (secondary N) is 1. The second-order valence-electron chi connectivity index (χ2n) is 6.03. The van der Waals surface area contributed by atoms with Crippen LogP contribution in [0.3, 0.4) is 0 Å². The third-order valence-corrected chi connectivity index (χ3v) is 3.19. The Bertz CT molecular complexity index is 391. The fourth-order valence-electron chi connectivity index (χ4n) is 2.02. The zero-order valence-electron chi connectivity index (χ0n) is 13.3. The normalized spacial score (nSPS) is 12.1. The molecule has 0 aliphatic rings. The molecule has 1 aromatic rings. The zero-order valence-corrected chi connectivity index (χ0v) is 13.3. The van der Waals surface area contributed by atoms with E-state index in [1.165, 1.54) is 11.3 Å². The minimum Gasteiger partial charge on any atom is -0.382 e. The van der Waals surface area contributed by atoms with Crippen LogP contribution in [0.25, 0.3) is 0 Å². The van der Waals surface area contributed by atoms with Gasteiger partial charge in [0.05, 0.1) is 5.69 Å². The molecule has 110 valence electrons. The highest BCUT2D eigenvalue weighted by Crippen LogP contribution is 2.14. The van der Waals surface area contributed by atoms with E-state index in [2.05, 4.69) is 49.7 Å². The monoisotopic (exact) mass is 267 g/mol. The molecule has 1 N–H and O–H groups in total. The summed E-state index contributed by atoms with van der Waals surface area (Å²) in [7, 11) is 0. The molecule has 0 aliphatic carbocycles. The Morgan fingerprint density at radius 3 is 2.53 bits per heavy atom. The highest BCUT2D eigenvalue weighted by atomic mass is 16.5. The van der Waals surface area contributed by atoms with Gasteiger partial charge in [0.2, 0.25) is 0 Å². The van der Waals surface area contributed by atoms with E-state index in [4.69, 9.17) is 4.74 Å². The molecule has 0 radical (unpaired) electrons. The summed E-state index contributed by atoms with van der Waals surface area (Å²) >= 11 is 0. The lowest BCUT2D eigenvalue weighted by Gasteiger charge is -2.20. The molecular weight excluding hydrogens is 238 g/mol. The molecule has 19 heavy (non-hydrogen) atoms. The van der Waals surface area contributed by atoms with E-state index in [9.17, 15) is 0 Å². The van der Waals surface area contributed by atoms with E-state index in [1.807, 2.05) is 6.92 Å². The summed E-state index contributed by atoms with van der Waals surface area (Å²) in [6, 6.07) is 0. The number of hydrogen-bond acceptors (Lipinski definition) is 3. The Balaban J connectivity index is 2.61. The first-order chi connectivity index (χ1) is 8.85. The second-order valence-corrected chi connectivity index (χ2v) is 6.03. The van der Waals surface area contributed by atoms with Crippen LogP contribution in [-0.4, -0.2) is 28.5 Å². The van der Waals surface area contributed by atoms with E-state index >= 15 is 0 Å². The van der Waals surface area contributed by atoms with E-state index in [1.54, 1.807) is 0 Å². The van der Waals surface area contributed by atoms with Crippen molar-refractivity contribution >= 4 is 0 Å². The van der Waals surface area contributed by atoms with Crippen LogP contribution in [0.4, 0.5) is 0 Å². The van der Waals surface area contributed by atoms with Gasteiger partial charge in [-0.25, -0.2) is 0 Å². The molecule has 0 bridgehead atoms. The molecule has 0 saturated carbocycles. The Hall–Kier alpha value is -0.870. The average molecular weight is 267 g/mol. The Morgan fingerprint density at radius 1 is 1.26 bits per heavy atom. The summed E-state index contributed by atoms with van der Waals surface area (Å²) in [6.45, 7) is 16.2. The third kappa shape index (κ3) is 5.33. The fourth-order valence-corrected chi connectivity index (χ4v) is 2.02. The first kappa shape index (κ1) is 16.2. The van der Waals surface area contributed by atoms with Crippen LogP contribution < -0.4 is 5.32 Å². The number of hydrogen-bond donors (Lipinski definition) is 1. The van der Waals surface area contributed by atoms with Crippen molar-refractivity contribution in [1.82, 2.24) is 15.1 Å². The number of aryl methyl sites for hydroxylation is 2. The van der Waals surface area contributed by atoms with Gasteiger partial charge >= 0.3 is 0 Å². The van der Waals surface area contributed by atoms with Crippen molar-refractivity contribution in [1.29, 1.82) is 0 Å². The van der Waals surface area contributed by atoms with Crippen molar-refractivity contribution in [2.24, 2.45) is 0 Å². The van der Waals surface area contributed by atoms with Gasteiger partial charge in [0, 0.05) is 43.1 Å². The van der Waals surface area contributed by atoms with Crippen LogP contribution in [0.15, 0.2) is 0 Å². The standard InChI is InChI=1S/C15H29N3O/c1-7-19-10-8-9-18-13(3)14(12(2)17-18)11-16-15(4,5)6/h16H,7-11H2,1-6H3. The molecule has 0 saturated heterocycles. The zero-order chi connectivity index (χ0) is 14.5. The maximum absolute atomic E-state index is 5.37. The Kier molecular flexibility index (Phi) is 6.01. The minimum atomic E-state index is 0.135. The SMILES string of the molecule is CCOCCCn1nc(C)c(CNC(C)(C)C)c1C. The Morgan fingerprint density at radius 2 is 1.95 bits per heavy atom. The lowest BCUT2D eigenvalue weighted by Crippen LogP contribution is -2.35. The Labute approximate surface area is 117 Å². The van der Waals surface area contributed by atoms with E-state index in [-0.39, 0.29) is 5.54 Å². The van der Waals surface area contributed by atoms with Crippen LogP contribution in [-0.2, 0) is 17.8 Å². The molecule has 0 aliphatic heterocycles. The molecule has 0 atom stereocenters. The molecule has 4 heteroatoms. The second kappa shape index (κ2) is 7.06. The van der Waals surface area contributed by atoms with Crippen LogP contribution >= 0.6 is 0 Å². The van der Waals surface area contributed by atoms with Crippen molar-refractivity contribution in [3.05, 3.63) is 17.0 Å². The summed E-state index contributed by atoms with van der Waals surface area (Å²) in [4.78, 5) is 0. The molecule has 1 rings (SSSR count). The number of nitrogens with zero attached hydrogens (tertiary/aromatic N) is 2. The van der Waals surface area contributed by atoms with Crippen LogP contribution in [0.1, 0.15) is 51.1 Å². The lowest BCUT2D eigenvalue weighted by atomic mass is 10.1. The van der Waals surface area contributed by atoms with Crippen LogP contribution in [0.5, 0.6) is 0 Å². The number of aromatic nitrogens is 2. The van der Waals surface area contributed by atoms with Crippen molar-refractivity contribution < 1.29 is 4.74 Å². The molecule has 0 fully saturated rings. The van der Waals surface area contributed by atoms with Gasteiger partial charge in [-0.05, 0) is 48.0 Å². The van der Waals surface area contributed by atoms with Gasteiger partial charge < -0.3 is 10.1 Å². The van der Waals surface area contributed by atoms with Crippen LogP contribution in [0.2, 0.25) is 0 Å². The average Bonchev–Trinajstić information content (AvgIpc) is 2.57. The van der Waals surface area contributed by atoms with Crippen molar-refractivity contribution in [2.75, 3.05) is 13.2 Å².